The molecule has 212 valence electrons. The van der Waals surface area contributed by atoms with E-state index in [1.165, 1.54) is 48.5 Å². The van der Waals surface area contributed by atoms with Crippen LogP contribution in [0.3, 0.4) is 0 Å². The van der Waals surface area contributed by atoms with Gasteiger partial charge >= 0.3 is 24.0 Å². The number of ether oxygens (including phenoxy) is 2. The molecule has 12 heteroatoms. The minimum absolute atomic E-state index is 0.0307. The lowest BCUT2D eigenvalue weighted by Gasteiger charge is -2.35. The van der Waals surface area contributed by atoms with Crippen molar-refractivity contribution in [1.82, 2.24) is 0 Å². The number of halogens is 6. The van der Waals surface area contributed by atoms with E-state index in [0.29, 0.717) is 0 Å². The number of benzene rings is 4. The van der Waals surface area contributed by atoms with Crippen LogP contribution in [0.1, 0.15) is 31.8 Å². The Kier molecular flexibility index (Phi) is 7.69. The molecule has 0 aliphatic carbocycles. The van der Waals surface area contributed by atoms with Gasteiger partial charge in [-0.1, -0.05) is 24.3 Å². The van der Waals surface area contributed by atoms with Crippen LogP contribution in [0.4, 0.5) is 26.3 Å². The average Bonchev–Trinajstić information content (AvgIpc) is 2.93. The van der Waals surface area contributed by atoms with Crippen molar-refractivity contribution in [2.75, 3.05) is 0 Å². The molecule has 0 saturated heterocycles. The molecule has 0 radical (unpaired) electrons. The summed E-state index contributed by atoms with van der Waals surface area (Å²) in [6.45, 7) is 0. The van der Waals surface area contributed by atoms with Crippen molar-refractivity contribution < 1.29 is 55.6 Å². The lowest BCUT2D eigenvalue weighted by molar-refractivity contribution is -0.323. The fourth-order valence-electron chi connectivity index (χ4n) is 3.83. The normalized spacial score (nSPS) is 12.0. The SMILES string of the molecule is O=C(O)c1ccc(Oc2ccc(C(F)(c3ccc(Oc4ccc(C(=O)O)cc4)cc3)C(F)(F)C(F)(F)F)cc2)cc1. The quantitative estimate of drug-likeness (QED) is 0.196. The van der Waals surface area contributed by atoms with E-state index < -0.39 is 40.8 Å². The van der Waals surface area contributed by atoms with E-state index in [1.807, 2.05) is 0 Å². The number of carbonyl (C=O) groups is 2. The van der Waals surface area contributed by atoms with E-state index in [9.17, 15) is 31.5 Å². The van der Waals surface area contributed by atoms with Crippen molar-refractivity contribution in [3.05, 3.63) is 119 Å². The Hall–Kier alpha value is -5.00. The second-order valence-electron chi connectivity index (χ2n) is 8.64. The second kappa shape index (κ2) is 10.9. The molecule has 0 unspecified atom stereocenters. The summed E-state index contributed by atoms with van der Waals surface area (Å²) in [6.07, 6.45) is -6.26. The largest absolute Gasteiger partial charge is 0.478 e. The van der Waals surface area contributed by atoms with E-state index in [0.717, 1.165) is 48.5 Å². The zero-order valence-electron chi connectivity index (χ0n) is 20.5. The number of hydrogen-bond donors (Lipinski definition) is 2. The summed E-state index contributed by atoms with van der Waals surface area (Å²) in [5.74, 6) is -8.01. The van der Waals surface area contributed by atoms with Gasteiger partial charge in [-0.25, -0.2) is 14.0 Å². The van der Waals surface area contributed by atoms with Crippen molar-refractivity contribution in [3.63, 3.8) is 0 Å². The molecule has 0 aromatic heterocycles. The topological polar surface area (TPSA) is 93.1 Å². The van der Waals surface area contributed by atoms with Gasteiger partial charge in [0.2, 0.25) is 5.67 Å². The Balaban J connectivity index is 1.64. The van der Waals surface area contributed by atoms with E-state index >= 15 is 4.39 Å². The predicted octanol–water partition coefficient (Wildman–Crippen LogP) is 8.08. The molecule has 4 rings (SSSR count). The molecule has 4 aromatic carbocycles. The summed E-state index contributed by atoms with van der Waals surface area (Å²) < 4.78 is 97.2. The number of carboxylic acid groups (broad SMARTS) is 2. The monoisotopic (exact) mass is 576 g/mol. The van der Waals surface area contributed by atoms with Gasteiger partial charge in [0, 0.05) is 11.1 Å². The van der Waals surface area contributed by atoms with Gasteiger partial charge in [0.05, 0.1) is 11.1 Å². The molecule has 0 amide bonds. The Morgan fingerprint density at radius 1 is 0.488 bits per heavy atom. The third-order valence-corrected chi connectivity index (χ3v) is 5.97. The fraction of sp³-hybridized carbons (Fsp3) is 0.103. The highest BCUT2D eigenvalue weighted by Crippen LogP contribution is 2.54. The molecular formula is C29H18F6O6. The van der Waals surface area contributed by atoms with Crippen LogP contribution < -0.4 is 9.47 Å². The zero-order chi connectivity index (χ0) is 30.0. The van der Waals surface area contributed by atoms with E-state index in [4.69, 9.17) is 19.7 Å². The summed E-state index contributed by atoms with van der Waals surface area (Å²) >= 11 is 0. The van der Waals surface area contributed by atoms with Crippen LogP contribution in [0, 0.1) is 0 Å². The van der Waals surface area contributed by atoms with Crippen LogP contribution >= 0.6 is 0 Å². The van der Waals surface area contributed by atoms with Gasteiger partial charge in [0.1, 0.15) is 23.0 Å². The lowest BCUT2D eigenvalue weighted by atomic mass is 9.82. The van der Waals surface area contributed by atoms with Crippen LogP contribution in [0.15, 0.2) is 97.1 Å². The Bertz CT molecular complexity index is 1430. The smallest absolute Gasteiger partial charge is 0.457 e. The van der Waals surface area contributed by atoms with Gasteiger partial charge in [-0.15, -0.1) is 0 Å². The maximum absolute atomic E-state index is 16.2. The fourth-order valence-corrected chi connectivity index (χ4v) is 3.83. The van der Waals surface area contributed by atoms with Crippen molar-refractivity contribution in [1.29, 1.82) is 0 Å². The number of rotatable bonds is 9. The summed E-state index contributed by atoms with van der Waals surface area (Å²) in [4.78, 5) is 21.9. The molecule has 6 nitrogen and oxygen atoms in total. The Labute approximate surface area is 228 Å². The standard InChI is InChI=1S/C29H18F6O6/c30-27(28(31,32)29(33,34)35,19-5-13-23(14-6-19)40-21-9-1-17(2-10-21)25(36)37)20-7-15-24(16-8-20)41-22-11-3-18(4-12-22)26(38)39/h1-16H,(H,36,37)(H,38,39). The van der Waals surface area contributed by atoms with E-state index in [1.54, 1.807) is 0 Å². The molecule has 0 spiro atoms. The highest BCUT2D eigenvalue weighted by atomic mass is 19.4. The van der Waals surface area contributed by atoms with Gasteiger partial charge in [0.15, 0.2) is 0 Å². The number of carboxylic acids is 2. The van der Waals surface area contributed by atoms with Crippen LogP contribution in [0.25, 0.3) is 0 Å². The predicted molar refractivity (Wildman–Crippen MR) is 133 cm³/mol. The highest BCUT2D eigenvalue weighted by molar-refractivity contribution is 5.88. The summed E-state index contributed by atoms with van der Waals surface area (Å²) in [5, 5.41) is 17.9. The first-order valence-electron chi connectivity index (χ1n) is 11.6. The maximum Gasteiger partial charge on any atom is 0.457 e. The molecule has 0 atom stereocenters. The van der Waals surface area contributed by atoms with E-state index in [2.05, 4.69) is 0 Å². The van der Waals surface area contributed by atoms with Gasteiger partial charge in [-0.2, -0.15) is 22.0 Å². The van der Waals surface area contributed by atoms with Gasteiger partial charge < -0.3 is 19.7 Å². The van der Waals surface area contributed by atoms with Gasteiger partial charge in [-0.3, -0.25) is 0 Å². The highest BCUT2D eigenvalue weighted by Gasteiger charge is 2.72. The van der Waals surface area contributed by atoms with Gasteiger partial charge in [-0.05, 0) is 72.8 Å². The average molecular weight is 576 g/mol. The maximum atomic E-state index is 16.2. The second-order valence-corrected chi connectivity index (χ2v) is 8.64. The third kappa shape index (κ3) is 5.81. The minimum Gasteiger partial charge on any atom is -0.478 e. The third-order valence-electron chi connectivity index (χ3n) is 5.97. The van der Waals surface area contributed by atoms with Crippen LogP contribution in [-0.2, 0) is 5.67 Å². The molecule has 0 aliphatic rings. The van der Waals surface area contributed by atoms with Crippen molar-refractivity contribution >= 4 is 11.9 Å². The number of aromatic carboxylic acids is 2. The van der Waals surface area contributed by atoms with Crippen molar-refractivity contribution in [2.24, 2.45) is 0 Å². The summed E-state index contributed by atoms with van der Waals surface area (Å²) in [6, 6.07) is 17.1. The molecular weight excluding hydrogens is 558 g/mol. The zero-order valence-corrected chi connectivity index (χ0v) is 20.5. The van der Waals surface area contributed by atoms with Crippen molar-refractivity contribution in [3.8, 4) is 23.0 Å². The first-order chi connectivity index (χ1) is 19.2. The molecule has 0 fully saturated rings. The van der Waals surface area contributed by atoms with Gasteiger partial charge in [0.25, 0.3) is 0 Å². The molecule has 2 N–H and O–H groups in total. The lowest BCUT2D eigenvalue weighted by Crippen LogP contribution is -2.53. The first-order valence-corrected chi connectivity index (χ1v) is 11.6. The van der Waals surface area contributed by atoms with Crippen LogP contribution in [-0.4, -0.2) is 34.3 Å². The molecule has 0 heterocycles. The summed E-state index contributed by atoms with van der Waals surface area (Å²) in [5.41, 5.74) is -6.43. The molecule has 41 heavy (non-hydrogen) atoms. The number of hydrogen-bond acceptors (Lipinski definition) is 4. The Morgan fingerprint density at radius 3 is 1.00 bits per heavy atom. The van der Waals surface area contributed by atoms with Crippen LogP contribution in [0.5, 0.6) is 23.0 Å². The molecule has 0 bridgehead atoms. The van der Waals surface area contributed by atoms with E-state index in [-0.39, 0.29) is 34.1 Å². The molecule has 4 aromatic rings. The minimum atomic E-state index is -6.26. The first kappa shape index (κ1) is 29.0. The molecule has 0 aliphatic heterocycles. The Morgan fingerprint density at radius 2 is 0.756 bits per heavy atom. The summed E-state index contributed by atoms with van der Waals surface area (Å²) in [7, 11) is 0. The van der Waals surface area contributed by atoms with Crippen LogP contribution in [0.2, 0.25) is 0 Å². The van der Waals surface area contributed by atoms with Crippen molar-refractivity contribution in [2.45, 2.75) is 17.8 Å². The molecule has 0 saturated carbocycles. The number of alkyl halides is 6.